The Balaban J connectivity index is 2.41. The topological polar surface area (TPSA) is 50.2 Å². The van der Waals surface area contributed by atoms with Crippen molar-refractivity contribution < 1.29 is 14.3 Å². The van der Waals surface area contributed by atoms with E-state index in [9.17, 15) is 14.3 Å². The van der Waals surface area contributed by atoms with Gasteiger partial charge >= 0.3 is 5.97 Å². The fraction of sp³-hybridized carbons (Fsp3) is 0.0588. The van der Waals surface area contributed by atoms with E-state index in [1.165, 1.54) is 12.1 Å². The van der Waals surface area contributed by atoms with E-state index in [0.29, 0.717) is 11.2 Å². The number of aryl methyl sites for hydroxylation is 1. The largest absolute Gasteiger partial charge is 0.478 e. The third-order valence-corrected chi connectivity index (χ3v) is 3.41. The van der Waals surface area contributed by atoms with E-state index >= 15 is 0 Å². The molecule has 0 spiro atoms. The van der Waals surface area contributed by atoms with Gasteiger partial charge in [0.15, 0.2) is 0 Å². The minimum atomic E-state index is -1.16. The molecule has 0 bridgehead atoms. The van der Waals surface area contributed by atoms with Crippen molar-refractivity contribution in [2.24, 2.45) is 0 Å². The molecule has 2 aromatic carbocycles. The second-order valence-electron chi connectivity index (χ2n) is 4.81. The van der Waals surface area contributed by atoms with Gasteiger partial charge in [-0.3, -0.25) is 0 Å². The zero-order valence-electron chi connectivity index (χ0n) is 11.3. The van der Waals surface area contributed by atoms with E-state index in [1.807, 2.05) is 30.3 Å². The Hall–Kier alpha value is -2.75. The Bertz CT molecular complexity index is 844. The summed E-state index contributed by atoms with van der Waals surface area (Å²) in [6.45, 7) is 1.79. The second kappa shape index (κ2) is 4.98. The fourth-order valence-corrected chi connectivity index (χ4v) is 2.36. The molecule has 4 heteroatoms. The summed E-state index contributed by atoms with van der Waals surface area (Å²) in [7, 11) is 0. The van der Waals surface area contributed by atoms with Gasteiger partial charge in [-0.25, -0.2) is 14.2 Å². The molecule has 0 atom stereocenters. The molecular formula is C17H12FNO2. The number of nitrogens with zero attached hydrogens (tertiary/aromatic N) is 1. The van der Waals surface area contributed by atoms with Crippen LogP contribution in [-0.2, 0) is 0 Å². The van der Waals surface area contributed by atoms with Gasteiger partial charge in [-0.05, 0) is 24.6 Å². The summed E-state index contributed by atoms with van der Waals surface area (Å²) >= 11 is 0. The Kier molecular flexibility index (Phi) is 3.14. The van der Waals surface area contributed by atoms with Crippen molar-refractivity contribution in [2.75, 3.05) is 0 Å². The number of aromatic carboxylic acids is 1. The Morgan fingerprint density at radius 3 is 2.52 bits per heavy atom. The van der Waals surface area contributed by atoms with Gasteiger partial charge in [-0.1, -0.05) is 36.4 Å². The number of carboxylic acids is 1. The van der Waals surface area contributed by atoms with Gasteiger partial charge in [0, 0.05) is 5.56 Å². The Labute approximate surface area is 120 Å². The third-order valence-electron chi connectivity index (χ3n) is 3.41. The van der Waals surface area contributed by atoms with Crippen LogP contribution in [0, 0.1) is 12.7 Å². The first-order valence-corrected chi connectivity index (χ1v) is 6.46. The van der Waals surface area contributed by atoms with E-state index in [2.05, 4.69) is 4.98 Å². The van der Waals surface area contributed by atoms with Crippen LogP contribution >= 0.6 is 0 Å². The summed E-state index contributed by atoms with van der Waals surface area (Å²) < 4.78 is 14.0. The molecule has 0 radical (unpaired) electrons. The van der Waals surface area contributed by atoms with E-state index in [1.54, 1.807) is 13.0 Å². The quantitative estimate of drug-likeness (QED) is 0.771. The zero-order chi connectivity index (χ0) is 15.0. The maximum atomic E-state index is 14.0. The van der Waals surface area contributed by atoms with Crippen molar-refractivity contribution in [1.82, 2.24) is 4.98 Å². The lowest BCUT2D eigenvalue weighted by atomic mass is 10.0. The molecule has 1 N–H and O–H groups in total. The van der Waals surface area contributed by atoms with E-state index in [4.69, 9.17) is 0 Å². The predicted molar refractivity (Wildman–Crippen MR) is 78.8 cm³/mol. The van der Waals surface area contributed by atoms with Crippen LogP contribution in [0.1, 0.15) is 15.9 Å². The molecule has 3 rings (SSSR count). The number of carbonyl (C=O) groups is 1. The fourth-order valence-electron chi connectivity index (χ4n) is 2.36. The molecule has 0 aliphatic heterocycles. The molecular weight excluding hydrogens is 269 g/mol. The summed E-state index contributed by atoms with van der Waals surface area (Å²) in [6.07, 6.45) is 0. The van der Waals surface area contributed by atoms with Gasteiger partial charge in [0.2, 0.25) is 0 Å². The van der Waals surface area contributed by atoms with Crippen LogP contribution in [0.25, 0.3) is 22.2 Å². The van der Waals surface area contributed by atoms with Crippen LogP contribution < -0.4 is 0 Å². The summed E-state index contributed by atoms with van der Waals surface area (Å²) in [5, 5.41) is 9.43. The number of rotatable bonds is 2. The first-order chi connectivity index (χ1) is 10.1. The van der Waals surface area contributed by atoms with E-state index in [-0.39, 0.29) is 10.9 Å². The van der Waals surface area contributed by atoms with Crippen molar-refractivity contribution in [2.45, 2.75) is 6.92 Å². The number of halogens is 1. The molecule has 1 heterocycles. The molecule has 3 aromatic rings. The Morgan fingerprint density at radius 2 is 1.86 bits per heavy atom. The number of carboxylic acid groups (broad SMARTS) is 1. The molecule has 0 unspecified atom stereocenters. The number of aromatic nitrogens is 1. The first-order valence-electron chi connectivity index (χ1n) is 6.46. The summed E-state index contributed by atoms with van der Waals surface area (Å²) in [6, 6.07) is 13.5. The SMILES string of the molecule is Cc1ccc(F)c2c(C(=O)O)cc(-c3ccccc3)nc12. The zero-order valence-corrected chi connectivity index (χ0v) is 11.3. The minimum Gasteiger partial charge on any atom is -0.478 e. The predicted octanol–water partition coefficient (Wildman–Crippen LogP) is 4.05. The van der Waals surface area contributed by atoms with E-state index in [0.717, 1.165) is 11.1 Å². The summed E-state index contributed by atoms with van der Waals surface area (Å²) in [5.41, 5.74) is 2.38. The second-order valence-corrected chi connectivity index (χ2v) is 4.81. The van der Waals surface area contributed by atoms with Crippen molar-refractivity contribution in [3.05, 3.63) is 65.5 Å². The normalized spacial score (nSPS) is 10.8. The lowest BCUT2D eigenvalue weighted by Gasteiger charge is -2.09. The number of hydrogen-bond acceptors (Lipinski definition) is 2. The summed E-state index contributed by atoms with van der Waals surface area (Å²) in [5.74, 6) is -1.73. The van der Waals surface area contributed by atoms with Crippen LogP contribution in [0.5, 0.6) is 0 Å². The molecule has 21 heavy (non-hydrogen) atoms. The van der Waals surface area contributed by atoms with Crippen LogP contribution in [0.2, 0.25) is 0 Å². The molecule has 0 aliphatic carbocycles. The van der Waals surface area contributed by atoms with Crippen LogP contribution in [0.3, 0.4) is 0 Å². The van der Waals surface area contributed by atoms with Gasteiger partial charge in [0.25, 0.3) is 0 Å². The van der Waals surface area contributed by atoms with Crippen molar-refractivity contribution in [1.29, 1.82) is 0 Å². The van der Waals surface area contributed by atoms with Gasteiger partial charge in [0.1, 0.15) is 5.82 Å². The maximum Gasteiger partial charge on any atom is 0.336 e. The van der Waals surface area contributed by atoms with Gasteiger partial charge < -0.3 is 5.11 Å². The van der Waals surface area contributed by atoms with Gasteiger partial charge in [-0.15, -0.1) is 0 Å². The maximum absolute atomic E-state index is 14.0. The van der Waals surface area contributed by atoms with E-state index < -0.39 is 11.8 Å². The molecule has 1 aromatic heterocycles. The van der Waals surface area contributed by atoms with Crippen LogP contribution in [0.4, 0.5) is 4.39 Å². The monoisotopic (exact) mass is 281 g/mol. The molecule has 0 saturated carbocycles. The highest BCUT2D eigenvalue weighted by Gasteiger charge is 2.17. The highest BCUT2D eigenvalue weighted by atomic mass is 19.1. The average molecular weight is 281 g/mol. The Morgan fingerprint density at radius 1 is 1.14 bits per heavy atom. The lowest BCUT2D eigenvalue weighted by molar-refractivity contribution is 0.0698. The highest BCUT2D eigenvalue weighted by Crippen LogP contribution is 2.28. The number of fused-ring (bicyclic) bond motifs is 1. The first kappa shape index (κ1) is 13.2. The van der Waals surface area contributed by atoms with Crippen molar-refractivity contribution in [3.8, 4) is 11.3 Å². The molecule has 0 amide bonds. The molecule has 0 fully saturated rings. The smallest absolute Gasteiger partial charge is 0.336 e. The lowest BCUT2D eigenvalue weighted by Crippen LogP contribution is -2.03. The molecule has 104 valence electrons. The van der Waals surface area contributed by atoms with Crippen LogP contribution in [-0.4, -0.2) is 16.1 Å². The number of pyridine rings is 1. The molecule has 3 nitrogen and oxygen atoms in total. The third kappa shape index (κ3) is 2.25. The van der Waals surface area contributed by atoms with Gasteiger partial charge in [0.05, 0.1) is 22.2 Å². The average Bonchev–Trinajstić information content (AvgIpc) is 2.51. The number of benzene rings is 2. The van der Waals surface area contributed by atoms with Crippen molar-refractivity contribution >= 4 is 16.9 Å². The minimum absolute atomic E-state index is 0.0576. The van der Waals surface area contributed by atoms with Gasteiger partial charge in [-0.2, -0.15) is 0 Å². The van der Waals surface area contributed by atoms with Crippen molar-refractivity contribution in [3.63, 3.8) is 0 Å². The standard InChI is InChI=1S/C17H12FNO2/c1-10-7-8-13(18)15-12(17(20)21)9-14(19-16(10)15)11-5-3-2-4-6-11/h2-9H,1H3,(H,20,21). The van der Waals surface area contributed by atoms with Crippen LogP contribution in [0.15, 0.2) is 48.5 Å². The summed E-state index contributed by atoms with van der Waals surface area (Å²) in [4.78, 5) is 15.9. The molecule has 0 aliphatic rings. The number of hydrogen-bond donors (Lipinski definition) is 1. The molecule has 0 saturated heterocycles. The highest BCUT2D eigenvalue weighted by molar-refractivity contribution is 6.04.